The van der Waals surface area contributed by atoms with Gasteiger partial charge in [0.25, 0.3) is 0 Å². The van der Waals surface area contributed by atoms with Crippen LogP contribution in [0.5, 0.6) is 0 Å². The molecule has 0 bridgehead atoms. The second kappa shape index (κ2) is 7.57. The van der Waals surface area contributed by atoms with E-state index < -0.39 is 0 Å². The number of hydrogen-bond acceptors (Lipinski definition) is 3. The molecule has 0 amide bonds. The predicted molar refractivity (Wildman–Crippen MR) is 85.0 cm³/mol. The Labute approximate surface area is 130 Å². The number of rotatable bonds is 6. The Bertz CT molecular complexity index is 433. The summed E-state index contributed by atoms with van der Waals surface area (Å²) >= 11 is 3.70. The van der Waals surface area contributed by atoms with Gasteiger partial charge in [-0.15, -0.1) is 0 Å². The molecule has 2 rings (SSSR count). The Hall–Kier alpha value is -0.390. The predicted octanol–water partition coefficient (Wildman–Crippen LogP) is 2.92. The van der Waals surface area contributed by atoms with Gasteiger partial charge >= 0.3 is 0 Å². The molecule has 0 aliphatic carbocycles. The summed E-state index contributed by atoms with van der Waals surface area (Å²) in [7, 11) is 0. The van der Waals surface area contributed by atoms with Crippen LogP contribution in [0.2, 0.25) is 0 Å². The molecule has 114 valence electrons. The van der Waals surface area contributed by atoms with Crippen molar-refractivity contribution in [1.29, 1.82) is 0 Å². The molecule has 1 aromatic heterocycles. The average molecular weight is 344 g/mol. The van der Waals surface area contributed by atoms with Gasteiger partial charge in [0.1, 0.15) is 0 Å². The maximum Gasteiger partial charge on any atom is 0.0738 e. The van der Waals surface area contributed by atoms with Crippen LogP contribution in [0.3, 0.4) is 0 Å². The molecule has 1 saturated heterocycles. The van der Waals surface area contributed by atoms with Crippen LogP contribution in [0.1, 0.15) is 38.1 Å². The number of nitrogens with zero attached hydrogens (tertiary/aromatic N) is 2. The van der Waals surface area contributed by atoms with Crippen molar-refractivity contribution in [2.24, 2.45) is 5.92 Å². The van der Waals surface area contributed by atoms with Crippen LogP contribution in [-0.4, -0.2) is 35.6 Å². The summed E-state index contributed by atoms with van der Waals surface area (Å²) in [5.74, 6) is 0.535. The summed E-state index contributed by atoms with van der Waals surface area (Å²) in [6.07, 6.45) is 3.32. The molecule has 1 aromatic rings. The third kappa shape index (κ3) is 3.62. The van der Waals surface area contributed by atoms with Gasteiger partial charge in [-0.25, -0.2) is 0 Å². The number of halogens is 1. The first-order chi connectivity index (χ1) is 9.67. The zero-order valence-corrected chi connectivity index (χ0v) is 14.4. The number of nitrogens with one attached hydrogen (secondary N) is 1. The highest BCUT2D eigenvalue weighted by atomic mass is 79.9. The molecule has 1 aliphatic rings. The lowest BCUT2D eigenvalue weighted by Gasteiger charge is -2.32. The van der Waals surface area contributed by atoms with Crippen LogP contribution < -0.4 is 5.32 Å². The first-order valence-electron chi connectivity index (χ1n) is 7.70. The Morgan fingerprint density at radius 3 is 2.95 bits per heavy atom. The molecule has 0 aromatic carbocycles. The molecular weight excluding hydrogens is 318 g/mol. The molecule has 5 heteroatoms. The topological polar surface area (TPSA) is 39.1 Å². The molecule has 2 heterocycles. The van der Waals surface area contributed by atoms with Crippen molar-refractivity contribution in [2.75, 3.05) is 19.8 Å². The maximum absolute atomic E-state index is 5.70. The molecule has 0 spiro atoms. The SMILES string of the molecule is CCCNC1CCOCC1Cc1c(Br)c(C)nn1CC. The Balaban J connectivity index is 2.10. The number of ether oxygens (including phenoxy) is 1. The van der Waals surface area contributed by atoms with Gasteiger partial charge in [-0.1, -0.05) is 6.92 Å². The lowest BCUT2D eigenvalue weighted by Crippen LogP contribution is -2.44. The van der Waals surface area contributed by atoms with Gasteiger partial charge < -0.3 is 10.1 Å². The Morgan fingerprint density at radius 1 is 1.45 bits per heavy atom. The lowest BCUT2D eigenvalue weighted by atomic mass is 9.91. The van der Waals surface area contributed by atoms with Gasteiger partial charge in [-0.2, -0.15) is 5.10 Å². The minimum Gasteiger partial charge on any atom is -0.381 e. The maximum atomic E-state index is 5.70. The normalized spacial score (nSPS) is 23.2. The van der Waals surface area contributed by atoms with Crippen LogP contribution >= 0.6 is 15.9 Å². The standard InChI is InChI=1S/C15H26BrN3O/c1-4-7-17-13-6-8-20-10-12(13)9-14-15(16)11(3)18-19(14)5-2/h12-13,17H,4-10H2,1-3H3. The summed E-state index contributed by atoms with van der Waals surface area (Å²) in [6, 6.07) is 0.566. The van der Waals surface area contributed by atoms with Crippen molar-refractivity contribution >= 4 is 15.9 Å². The highest BCUT2D eigenvalue weighted by Crippen LogP contribution is 2.27. The third-order valence-corrected chi connectivity index (χ3v) is 5.07. The van der Waals surface area contributed by atoms with Gasteiger partial charge in [0, 0.05) is 25.1 Å². The number of hydrogen-bond donors (Lipinski definition) is 1. The smallest absolute Gasteiger partial charge is 0.0738 e. The summed E-state index contributed by atoms with van der Waals surface area (Å²) in [6.45, 7) is 10.2. The summed E-state index contributed by atoms with van der Waals surface area (Å²) in [5, 5.41) is 8.27. The third-order valence-electron chi connectivity index (χ3n) is 4.04. The molecular formula is C15H26BrN3O. The van der Waals surface area contributed by atoms with E-state index in [1.165, 1.54) is 16.6 Å². The van der Waals surface area contributed by atoms with Crippen molar-refractivity contribution < 1.29 is 4.74 Å². The average Bonchev–Trinajstić information content (AvgIpc) is 2.74. The van der Waals surface area contributed by atoms with Crippen LogP contribution in [-0.2, 0) is 17.7 Å². The highest BCUT2D eigenvalue weighted by Gasteiger charge is 2.27. The monoisotopic (exact) mass is 343 g/mol. The molecule has 20 heavy (non-hydrogen) atoms. The Kier molecular flexibility index (Phi) is 6.05. The van der Waals surface area contributed by atoms with E-state index in [0.29, 0.717) is 12.0 Å². The lowest BCUT2D eigenvalue weighted by molar-refractivity contribution is 0.0315. The highest BCUT2D eigenvalue weighted by molar-refractivity contribution is 9.10. The van der Waals surface area contributed by atoms with E-state index in [9.17, 15) is 0 Å². The van der Waals surface area contributed by atoms with Crippen molar-refractivity contribution in [3.8, 4) is 0 Å². The Morgan fingerprint density at radius 2 is 2.25 bits per heavy atom. The van der Waals surface area contributed by atoms with Crippen molar-refractivity contribution in [1.82, 2.24) is 15.1 Å². The zero-order valence-electron chi connectivity index (χ0n) is 12.8. The molecule has 1 fully saturated rings. The molecule has 2 unspecified atom stereocenters. The van der Waals surface area contributed by atoms with E-state index >= 15 is 0 Å². The summed E-state index contributed by atoms with van der Waals surface area (Å²) in [5.41, 5.74) is 2.39. The minimum absolute atomic E-state index is 0.535. The fraction of sp³-hybridized carbons (Fsp3) is 0.800. The van der Waals surface area contributed by atoms with Gasteiger partial charge in [-0.3, -0.25) is 4.68 Å². The zero-order chi connectivity index (χ0) is 14.5. The van der Waals surface area contributed by atoms with Crippen LogP contribution in [0.4, 0.5) is 0 Å². The van der Waals surface area contributed by atoms with E-state index in [1.54, 1.807) is 0 Å². The summed E-state index contributed by atoms with van der Waals surface area (Å²) < 4.78 is 8.98. The number of aromatic nitrogens is 2. The first kappa shape index (κ1) is 16.0. The largest absolute Gasteiger partial charge is 0.381 e. The fourth-order valence-corrected chi connectivity index (χ4v) is 3.35. The van der Waals surface area contributed by atoms with E-state index in [-0.39, 0.29) is 0 Å². The fourth-order valence-electron chi connectivity index (χ4n) is 2.91. The van der Waals surface area contributed by atoms with Gasteiger partial charge in [0.15, 0.2) is 0 Å². The van der Waals surface area contributed by atoms with Gasteiger partial charge in [0.05, 0.1) is 22.5 Å². The van der Waals surface area contributed by atoms with Crippen molar-refractivity contribution in [3.63, 3.8) is 0 Å². The molecule has 4 nitrogen and oxygen atoms in total. The quantitative estimate of drug-likeness (QED) is 0.863. The van der Waals surface area contributed by atoms with Crippen LogP contribution in [0.25, 0.3) is 0 Å². The second-order valence-corrected chi connectivity index (χ2v) is 6.34. The second-order valence-electron chi connectivity index (χ2n) is 5.55. The molecule has 2 atom stereocenters. The van der Waals surface area contributed by atoms with E-state index in [4.69, 9.17) is 4.74 Å². The minimum atomic E-state index is 0.535. The van der Waals surface area contributed by atoms with E-state index in [0.717, 1.165) is 44.8 Å². The first-order valence-corrected chi connectivity index (χ1v) is 8.49. The molecule has 0 saturated carbocycles. The van der Waals surface area contributed by atoms with Crippen molar-refractivity contribution in [3.05, 3.63) is 15.9 Å². The van der Waals surface area contributed by atoms with Crippen LogP contribution in [0.15, 0.2) is 4.47 Å². The van der Waals surface area contributed by atoms with Crippen molar-refractivity contribution in [2.45, 2.75) is 52.6 Å². The van der Waals surface area contributed by atoms with Gasteiger partial charge in [-0.05, 0) is 55.6 Å². The molecule has 1 N–H and O–H groups in total. The molecule has 0 radical (unpaired) electrons. The molecule has 1 aliphatic heterocycles. The number of aryl methyl sites for hydroxylation is 2. The van der Waals surface area contributed by atoms with E-state index in [1.807, 2.05) is 0 Å². The van der Waals surface area contributed by atoms with Gasteiger partial charge in [0.2, 0.25) is 0 Å². The summed E-state index contributed by atoms with van der Waals surface area (Å²) in [4.78, 5) is 0. The van der Waals surface area contributed by atoms with Crippen LogP contribution in [0, 0.1) is 12.8 Å². The van der Waals surface area contributed by atoms with E-state index in [2.05, 4.69) is 51.8 Å².